The monoisotopic (exact) mass is 393 g/mol. The van der Waals surface area contributed by atoms with Crippen molar-refractivity contribution in [2.75, 3.05) is 13.2 Å². The van der Waals surface area contributed by atoms with Crippen molar-refractivity contribution in [3.63, 3.8) is 0 Å². The van der Waals surface area contributed by atoms with E-state index >= 15 is 0 Å². The van der Waals surface area contributed by atoms with Gasteiger partial charge in [-0.15, -0.1) is 0 Å². The van der Waals surface area contributed by atoms with E-state index in [4.69, 9.17) is 9.47 Å². The molecule has 4 heteroatoms. The van der Waals surface area contributed by atoms with Crippen LogP contribution in [-0.2, 0) is 27.2 Å². The van der Waals surface area contributed by atoms with Gasteiger partial charge in [0.1, 0.15) is 6.10 Å². The van der Waals surface area contributed by atoms with Crippen molar-refractivity contribution in [1.29, 1.82) is 0 Å². The molecule has 0 spiro atoms. The fourth-order valence-electron chi connectivity index (χ4n) is 4.42. The van der Waals surface area contributed by atoms with Crippen LogP contribution in [0.25, 0.3) is 0 Å². The number of carbonyl (C=O) groups excluding carboxylic acids is 1. The van der Waals surface area contributed by atoms with Crippen LogP contribution in [0.2, 0.25) is 0 Å². The highest BCUT2D eigenvalue weighted by Gasteiger charge is 2.33. The first kappa shape index (κ1) is 20.1. The summed E-state index contributed by atoms with van der Waals surface area (Å²) in [4.78, 5) is 15.5. The Hall–Kier alpha value is -2.17. The average Bonchev–Trinajstić information content (AvgIpc) is 3.41. The van der Waals surface area contributed by atoms with Gasteiger partial charge in [-0.05, 0) is 56.2 Å². The number of carbonyl (C=O) groups is 1. The average molecular weight is 394 g/mol. The van der Waals surface area contributed by atoms with E-state index in [1.54, 1.807) is 0 Å². The lowest BCUT2D eigenvalue weighted by Gasteiger charge is -2.32. The molecule has 1 fully saturated rings. The molecule has 4 nitrogen and oxygen atoms in total. The topological polar surface area (TPSA) is 38.8 Å². The molecule has 0 bridgehead atoms. The maximum Gasteiger partial charge on any atom is 0.252 e. The maximum absolute atomic E-state index is 13.5. The lowest BCUT2D eigenvalue weighted by molar-refractivity contribution is -0.148. The number of hydrogen-bond acceptors (Lipinski definition) is 3. The summed E-state index contributed by atoms with van der Waals surface area (Å²) in [6.45, 7) is 5.86. The molecular weight excluding hydrogens is 362 g/mol. The minimum Gasteiger partial charge on any atom is -0.376 e. The first-order valence-corrected chi connectivity index (χ1v) is 10.8. The SMILES string of the molecule is Cc1ccc(CN(C(=O)C(C)OCC2CCCO2)C2CCc3ccccc32)cc1. The van der Waals surface area contributed by atoms with E-state index in [0.29, 0.717) is 13.2 Å². The smallest absolute Gasteiger partial charge is 0.252 e. The second kappa shape index (κ2) is 9.10. The summed E-state index contributed by atoms with van der Waals surface area (Å²) < 4.78 is 11.6. The maximum atomic E-state index is 13.5. The van der Waals surface area contributed by atoms with Crippen molar-refractivity contribution in [3.8, 4) is 0 Å². The Morgan fingerprint density at radius 1 is 1.17 bits per heavy atom. The van der Waals surface area contributed by atoms with Crippen molar-refractivity contribution < 1.29 is 14.3 Å². The van der Waals surface area contributed by atoms with Gasteiger partial charge < -0.3 is 14.4 Å². The highest BCUT2D eigenvalue weighted by molar-refractivity contribution is 5.81. The molecule has 4 rings (SSSR count). The number of hydrogen-bond donors (Lipinski definition) is 0. The molecule has 1 heterocycles. The molecule has 0 N–H and O–H groups in total. The van der Waals surface area contributed by atoms with Gasteiger partial charge in [-0.2, -0.15) is 0 Å². The standard InChI is InChI=1S/C25H31NO3/c1-18-9-11-20(12-10-18)16-26(24-14-13-21-6-3-4-8-23(21)24)25(27)19(2)29-17-22-7-5-15-28-22/h3-4,6,8-12,19,22,24H,5,7,13-17H2,1-2H3. The number of rotatable bonds is 7. The minimum atomic E-state index is -0.475. The van der Waals surface area contributed by atoms with Crippen molar-refractivity contribution >= 4 is 5.91 Å². The Labute approximate surface area is 173 Å². The molecular formula is C25H31NO3. The first-order valence-electron chi connectivity index (χ1n) is 10.8. The molecule has 3 atom stereocenters. The van der Waals surface area contributed by atoms with Gasteiger partial charge in [-0.1, -0.05) is 54.1 Å². The second-order valence-electron chi connectivity index (χ2n) is 8.32. The van der Waals surface area contributed by atoms with Gasteiger partial charge in [0.15, 0.2) is 0 Å². The van der Waals surface area contributed by atoms with Gasteiger partial charge in [-0.3, -0.25) is 4.79 Å². The van der Waals surface area contributed by atoms with Crippen LogP contribution in [0.3, 0.4) is 0 Å². The van der Waals surface area contributed by atoms with Gasteiger partial charge in [0, 0.05) is 13.2 Å². The summed E-state index contributed by atoms with van der Waals surface area (Å²) in [5.74, 6) is 0.0604. The van der Waals surface area contributed by atoms with Gasteiger partial charge >= 0.3 is 0 Å². The molecule has 2 aliphatic rings. The third-order valence-electron chi connectivity index (χ3n) is 6.14. The van der Waals surface area contributed by atoms with Gasteiger partial charge in [-0.25, -0.2) is 0 Å². The second-order valence-corrected chi connectivity index (χ2v) is 8.32. The van der Waals surface area contributed by atoms with Gasteiger partial charge in [0.05, 0.1) is 18.8 Å². The number of fused-ring (bicyclic) bond motifs is 1. The van der Waals surface area contributed by atoms with Gasteiger partial charge in [0.25, 0.3) is 5.91 Å². The molecule has 1 aliphatic heterocycles. The number of benzene rings is 2. The highest BCUT2D eigenvalue weighted by Crippen LogP contribution is 2.37. The van der Waals surface area contributed by atoms with Crippen LogP contribution in [-0.4, -0.2) is 36.2 Å². The summed E-state index contributed by atoms with van der Waals surface area (Å²) in [7, 11) is 0. The van der Waals surface area contributed by atoms with Crippen LogP contribution in [0.4, 0.5) is 0 Å². The molecule has 0 aromatic heterocycles. The molecule has 2 aromatic rings. The molecule has 1 aliphatic carbocycles. The molecule has 0 saturated carbocycles. The van der Waals surface area contributed by atoms with E-state index in [0.717, 1.165) is 37.9 Å². The molecule has 1 amide bonds. The predicted octanol–water partition coefficient (Wildman–Crippen LogP) is 4.60. The quantitative estimate of drug-likeness (QED) is 0.690. The van der Waals surface area contributed by atoms with E-state index < -0.39 is 6.10 Å². The van der Waals surface area contributed by atoms with Crippen molar-refractivity contribution in [3.05, 3.63) is 70.8 Å². The number of nitrogens with zero attached hydrogens (tertiary/aromatic N) is 1. The molecule has 3 unspecified atom stereocenters. The number of ether oxygens (including phenoxy) is 2. The first-order chi connectivity index (χ1) is 14.1. The zero-order valence-corrected chi connectivity index (χ0v) is 17.5. The summed E-state index contributed by atoms with van der Waals surface area (Å²) in [5.41, 5.74) is 5.01. The van der Waals surface area contributed by atoms with E-state index in [1.807, 2.05) is 11.8 Å². The largest absolute Gasteiger partial charge is 0.376 e. The Kier molecular flexibility index (Phi) is 6.31. The summed E-state index contributed by atoms with van der Waals surface area (Å²) in [5, 5.41) is 0. The number of amides is 1. The lowest BCUT2D eigenvalue weighted by Crippen LogP contribution is -2.41. The summed E-state index contributed by atoms with van der Waals surface area (Å²) in [6.07, 6.45) is 3.73. The minimum absolute atomic E-state index is 0.0604. The van der Waals surface area contributed by atoms with E-state index in [2.05, 4.69) is 55.5 Å². The van der Waals surface area contributed by atoms with Crippen LogP contribution < -0.4 is 0 Å². The third-order valence-corrected chi connectivity index (χ3v) is 6.14. The van der Waals surface area contributed by atoms with E-state index in [1.165, 1.54) is 16.7 Å². The normalized spacial score (nSPS) is 21.7. The summed E-state index contributed by atoms with van der Waals surface area (Å²) in [6, 6.07) is 17.1. The van der Waals surface area contributed by atoms with Crippen LogP contribution in [0.5, 0.6) is 0 Å². The molecule has 1 saturated heterocycles. The molecule has 29 heavy (non-hydrogen) atoms. The zero-order valence-electron chi connectivity index (χ0n) is 17.5. The van der Waals surface area contributed by atoms with Crippen molar-refractivity contribution in [2.45, 2.75) is 64.3 Å². The van der Waals surface area contributed by atoms with Crippen LogP contribution in [0, 0.1) is 6.92 Å². The van der Waals surface area contributed by atoms with E-state index in [9.17, 15) is 4.79 Å². The zero-order chi connectivity index (χ0) is 20.2. The van der Waals surface area contributed by atoms with E-state index in [-0.39, 0.29) is 18.1 Å². The third kappa shape index (κ3) is 4.71. The van der Waals surface area contributed by atoms with Crippen molar-refractivity contribution in [2.24, 2.45) is 0 Å². The number of aryl methyl sites for hydroxylation is 2. The van der Waals surface area contributed by atoms with Crippen LogP contribution >= 0.6 is 0 Å². The molecule has 2 aromatic carbocycles. The lowest BCUT2D eigenvalue weighted by atomic mass is 10.0. The Morgan fingerprint density at radius 3 is 2.72 bits per heavy atom. The summed E-state index contributed by atoms with van der Waals surface area (Å²) >= 11 is 0. The fourth-order valence-corrected chi connectivity index (χ4v) is 4.42. The molecule has 0 radical (unpaired) electrons. The highest BCUT2D eigenvalue weighted by atomic mass is 16.5. The van der Waals surface area contributed by atoms with Crippen molar-refractivity contribution in [1.82, 2.24) is 4.90 Å². The van der Waals surface area contributed by atoms with Crippen LogP contribution in [0.1, 0.15) is 54.5 Å². The van der Waals surface area contributed by atoms with Crippen LogP contribution in [0.15, 0.2) is 48.5 Å². The predicted molar refractivity (Wildman–Crippen MR) is 114 cm³/mol. The fraction of sp³-hybridized carbons (Fsp3) is 0.480. The molecule has 154 valence electrons. The van der Waals surface area contributed by atoms with Gasteiger partial charge in [0.2, 0.25) is 0 Å². The Bertz CT molecular complexity index is 826. The Balaban J connectivity index is 1.52. The Morgan fingerprint density at radius 2 is 1.97 bits per heavy atom.